The smallest absolute Gasteiger partial charge is 0.215 e. The first-order valence-electron chi connectivity index (χ1n) is 6.82. The minimum absolute atomic E-state index is 0.188. The lowest BCUT2D eigenvalue weighted by Gasteiger charge is -2.14. The zero-order valence-corrected chi connectivity index (χ0v) is 13.1. The van der Waals surface area contributed by atoms with Crippen LogP contribution >= 0.6 is 11.3 Å². The minimum Gasteiger partial charge on any atom is -0.481 e. The van der Waals surface area contributed by atoms with Gasteiger partial charge in [-0.2, -0.15) is 4.98 Å². The summed E-state index contributed by atoms with van der Waals surface area (Å²) in [7, 11) is 1.61. The quantitative estimate of drug-likeness (QED) is 0.803. The lowest BCUT2D eigenvalue weighted by atomic mass is 10.2. The van der Waals surface area contributed by atoms with Gasteiger partial charge in [-0.3, -0.25) is 4.57 Å². The van der Waals surface area contributed by atoms with Crippen molar-refractivity contribution in [2.24, 2.45) is 0 Å². The fourth-order valence-corrected chi connectivity index (χ4v) is 3.51. The zero-order chi connectivity index (χ0) is 15.0. The number of pyridine rings is 1. The Hall–Kier alpha value is -2.08. The first kappa shape index (κ1) is 13.9. The van der Waals surface area contributed by atoms with Gasteiger partial charge in [-0.25, -0.2) is 4.98 Å². The third-order valence-corrected chi connectivity index (χ3v) is 4.50. The molecule has 0 amide bonds. The van der Waals surface area contributed by atoms with Crippen LogP contribution in [0.3, 0.4) is 0 Å². The maximum absolute atomic E-state index is 6.08. The van der Waals surface area contributed by atoms with Gasteiger partial charge in [-0.05, 0) is 32.0 Å². The Morgan fingerprint density at radius 2 is 2.10 bits per heavy atom. The van der Waals surface area contributed by atoms with Gasteiger partial charge < -0.3 is 10.5 Å². The summed E-state index contributed by atoms with van der Waals surface area (Å²) >= 11 is 1.81. The molecule has 21 heavy (non-hydrogen) atoms. The highest BCUT2D eigenvalue weighted by Gasteiger charge is 2.17. The predicted molar refractivity (Wildman–Crippen MR) is 86.0 cm³/mol. The Morgan fingerprint density at radius 3 is 2.76 bits per heavy atom. The molecule has 1 atom stereocenters. The second-order valence-electron chi connectivity index (χ2n) is 5.10. The van der Waals surface area contributed by atoms with Gasteiger partial charge in [0.05, 0.1) is 7.11 Å². The summed E-state index contributed by atoms with van der Waals surface area (Å²) in [5, 5.41) is 0. The third-order valence-electron chi connectivity index (χ3n) is 3.48. The number of imidazole rings is 1. The molecule has 0 saturated heterocycles. The van der Waals surface area contributed by atoms with Crippen LogP contribution in [-0.2, 0) is 6.42 Å². The van der Waals surface area contributed by atoms with Gasteiger partial charge in [0.25, 0.3) is 0 Å². The summed E-state index contributed by atoms with van der Waals surface area (Å²) in [5.41, 5.74) is 7.64. The van der Waals surface area contributed by atoms with E-state index in [0.717, 1.165) is 17.6 Å². The van der Waals surface area contributed by atoms with Crippen molar-refractivity contribution in [2.45, 2.75) is 26.3 Å². The molecule has 0 aromatic carbocycles. The van der Waals surface area contributed by atoms with E-state index in [1.54, 1.807) is 13.2 Å². The van der Waals surface area contributed by atoms with Crippen LogP contribution in [0.25, 0.3) is 11.2 Å². The summed E-state index contributed by atoms with van der Waals surface area (Å²) in [6, 6.07) is 8.18. The first-order chi connectivity index (χ1) is 10.1. The van der Waals surface area contributed by atoms with Crippen LogP contribution in [-0.4, -0.2) is 21.6 Å². The average molecular weight is 302 g/mol. The molecule has 0 aliphatic carbocycles. The topological polar surface area (TPSA) is 66.0 Å². The van der Waals surface area contributed by atoms with E-state index in [4.69, 9.17) is 10.5 Å². The molecule has 6 heteroatoms. The molecule has 3 aromatic rings. The predicted octanol–water partition coefficient (Wildman–Crippen LogP) is 3.20. The number of methoxy groups -OCH3 is 1. The summed E-state index contributed by atoms with van der Waals surface area (Å²) in [6.07, 6.45) is 0.910. The van der Waals surface area contributed by atoms with Crippen molar-refractivity contribution in [3.63, 3.8) is 0 Å². The van der Waals surface area contributed by atoms with E-state index >= 15 is 0 Å². The normalized spacial score (nSPS) is 12.7. The molecule has 0 spiro atoms. The molecule has 0 radical (unpaired) electrons. The number of fused-ring (bicyclic) bond motifs is 1. The van der Waals surface area contributed by atoms with Crippen molar-refractivity contribution in [2.75, 3.05) is 12.8 Å². The molecule has 0 aliphatic heterocycles. The highest BCUT2D eigenvalue weighted by atomic mass is 32.1. The number of aryl methyl sites for hydroxylation is 1. The highest BCUT2D eigenvalue weighted by Crippen LogP contribution is 2.27. The second-order valence-corrected chi connectivity index (χ2v) is 6.47. The third kappa shape index (κ3) is 2.58. The number of rotatable bonds is 4. The van der Waals surface area contributed by atoms with Crippen LogP contribution in [0.1, 0.15) is 22.7 Å². The summed E-state index contributed by atoms with van der Waals surface area (Å²) < 4.78 is 7.18. The van der Waals surface area contributed by atoms with Crippen molar-refractivity contribution in [1.82, 2.24) is 14.5 Å². The van der Waals surface area contributed by atoms with Gasteiger partial charge in [0.1, 0.15) is 5.52 Å². The van der Waals surface area contributed by atoms with Crippen molar-refractivity contribution >= 4 is 28.4 Å². The number of hydrogen-bond acceptors (Lipinski definition) is 5. The van der Waals surface area contributed by atoms with E-state index < -0.39 is 0 Å². The van der Waals surface area contributed by atoms with Crippen molar-refractivity contribution < 1.29 is 4.74 Å². The molecule has 0 fully saturated rings. The Labute approximate surface area is 127 Å². The number of aromatic nitrogens is 3. The largest absolute Gasteiger partial charge is 0.481 e. The first-order valence-corrected chi connectivity index (χ1v) is 7.64. The summed E-state index contributed by atoms with van der Waals surface area (Å²) in [4.78, 5) is 11.5. The van der Waals surface area contributed by atoms with Crippen LogP contribution in [0, 0.1) is 6.92 Å². The number of nitrogen functional groups attached to an aromatic ring is 1. The molecule has 0 aliphatic rings. The zero-order valence-electron chi connectivity index (χ0n) is 12.3. The number of ether oxygens (including phenoxy) is 1. The van der Waals surface area contributed by atoms with Gasteiger partial charge in [-0.1, -0.05) is 0 Å². The lowest BCUT2D eigenvalue weighted by Crippen LogP contribution is -2.11. The van der Waals surface area contributed by atoms with Gasteiger partial charge in [0.2, 0.25) is 11.8 Å². The van der Waals surface area contributed by atoms with Crippen LogP contribution in [0.5, 0.6) is 5.88 Å². The molecule has 1 unspecified atom stereocenters. The number of nitrogens with two attached hydrogens (primary N) is 1. The Balaban J connectivity index is 1.99. The average Bonchev–Trinajstić information content (AvgIpc) is 3.00. The van der Waals surface area contributed by atoms with Crippen LogP contribution in [0.2, 0.25) is 0 Å². The number of hydrogen-bond donors (Lipinski definition) is 1. The lowest BCUT2D eigenvalue weighted by molar-refractivity contribution is 0.398. The number of thiophene rings is 1. The Bertz CT molecular complexity index is 777. The number of nitrogens with zero attached hydrogens (tertiary/aromatic N) is 3. The van der Waals surface area contributed by atoms with Crippen molar-refractivity contribution in [3.8, 4) is 5.88 Å². The van der Waals surface area contributed by atoms with Gasteiger partial charge >= 0.3 is 0 Å². The van der Waals surface area contributed by atoms with Crippen LogP contribution in [0.15, 0.2) is 24.3 Å². The van der Waals surface area contributed by atoms with Gasteiger partial charge in [0.15, 0.2) is 5.65 Å². The monoisotopic (exact) mass is 302 g/mol. The molecular formula is C15H18N4OS. The summed E-state index contributed by atoms with van der Waals surface area (Å²) in [5.74, 6) is 1.06. The van der Waals surface area contributed by atoms with Gasteiger partial charge in [0, 0.05) is 28.3 Å². The summed E-state index contributed by atoms with van der Waals surface area (Å²) in [6.45, 7) is 4.25. The van der Waals surface area contributed by atoms with Crippen LogP contribution in [0.4, 0.5) is 5.95 Å². The fraction of sp³-hybridized carbons (Fsp3) is 0.333. The Morgan fingerprint density at radius 1 is 1.29 bits per heavy atom. The maximum atomic E-state index is 6.08. The van der Waals surface area contributed by atoms with Gasteiger partial charge in [-0.15, -0.1) is 11.3 Å². The van der Waals surface area contributed by atoms with E-state index in [1.165, 1.54) is 9.75 Å². The molecule has 110 valence electrons. The molecule has 0 saturated carbocycles. The van der Waals surface area contributed by atoms with E-state index in [1.807, 2.05) is 22.0 Å². The molecule has 5 nitrogen and oxygen atoms in total. The molecule has 3 aromatic heterocycles. The van der Waals surface area contributed by atoms with E-state index in [9.17, 15) is 0 Å². The highest BCUT2D eigenvalue weighted by molar-refractivity contribution is 7.11. The van der Waals surface area contributed by atoms with Crippen LogP contribution < -0.4 is 10.5 Å². The number of anilines is 1. The SMILES string of the molecule is COc1ccc2nc(N)n(C(C)Cc3ccc(C)s3)c2n1. The molecule has 3 heterocycles. The van der Waals surface area contributed by atoms with Crippen molar-refractivity contribution in [3.05, 3.63) is 34.0 Å². The molecule has 0 bridgehead atoms. The Kier molecular flexibility index (Phi) is 3.55. The maximum Gasteiger partial charge on any atom is 0.215 e. The molecule has 2 N–H and O–H groups in total. The van der Waals surface area contributed by atoms with E-state index in [-0.39, 0.29) is 6.04 Å². The van der Waals surface area contributed by atoms with E-state index in [0.29, 0.717) is 11.8 Å². The second kappa shape index (κ2) is 5.37. The molecular weight excluding hydrogens is 284 g/mol. The minimum atomic E-state index is 0.188. The fourth-order valence-electron chi connectivity index (χ4n) is 2.50. The molecule has 3 rings (SSSR count). The standard InChI is InChI=1S/C15H18N4OS/c1-9(8-11-5-4-10(2)21-11)19-14-12(17-15(19)16)6-7-13(18-14)20-3/h4-7,9H,8H2,1-3H3,(H2,16,17). The van der Waals surface area contributed by atoms with E-state index in [2.05, 4.69) is 35.9 Å². The van der Waals surface area contributed by atoms with Crippen molar-refractivity contribution in [1.29, 1.82) is 0 Å².